The third-order valence-corrected chi connectivity index (χ3v) is 4.22. The van der Waals surface area contributed by atoms with Crippen molar-refractivity contribution in [1.29, 1.82) is 0 Å². The molecule has 3 rings (SSSR count). The number of aromatic nitrogens is 2. The first-order valence-corrected chi connectivity index (χ1v) is 8.65. The second kappa shape index (κ2) is 8.39. The number of hydrogen-bond donors (Lipinski definition) is 1. The molecule has 1 N–H and O–H groups in total. The third kappa shape index (κ3) is 4.37. The number of carbonyl (C=O) groups is 1. The maximum Gasteiger partial charge on any atom is 0.254 e. The lowest BCUT2D eigenvalue weighted by Gasteiger charge is -2.12. The van der Waals surface area contributed by atoms with E-state index < -0.39 is 0 Å². The summed E-state index contributed by atoms with van der Waals surface area (Å²) in [6, 6.07) is 14.2. The highest BCUT2D eigenvalue weighted by Crippen LogP contribution is 2.28. The number of nitrogens with one attached hydrogen (secondary N) is 1. The van der Waals surface area contributed by atoms with Crippen LogP contribution in [0.1, 0.15) is 5.56 Å². The van der Waals surface area contributed by atoms with Crippen LogP contribution >= 0.6 is 0 Å². The number of rotatable bonds is 6. The van der Waals surface area contributed by atoms with Crippen molar-refractivity contribution in [3.8, 4) is 22.8 Å². The smallest absolute Gasteiger partial charge is 0.254 e. The van der Waals surface area contributed by atoms with E-state index in [1.807, 2.05) is 31.2 Å². The van der Waals surface area contributed by atoms with Crippen molar-refractivity contribution in [2.45, 2.75) is 13.5 Å². The van der Waals surface area contributed by atoms with Gasteiger partial charge in [0.1, 0.15) is 18.0 Å². The van der Waals surface area contributed by atoms with Gasteiger partial charge < -0.3 is 14.8 Å². The summed E-state index contributed by atoms with van der Waals surface area (Å²) in [5, 5.41) is 2.73. The number of benzene rings is 2. The van der Waals surface area contributed by atoms with Crippen LogP contribution < -0.4 is 20.3 Å². The molecule has 7 heteroatoms. The summed E-state index contributed by atoms with van der Waals surface area (Å²) < 4.78 is 11.6. The summed E-state index contributed by atoms with van der Waals surface area (Å²) in [5.41, 5.74) is 2.73. The summed E-state index contributed by atoms with van der Waals surface area (Å²) in [5.74, 6) is 0.713. The van der Waals surface area contributed by atoms with Crippen molar-refractivity contribution in [3.63, 3.8) is 0 Å². The molecule has 0 atom stereocenters. The van der Waals surface area contributed by atoms with Gasteiger partial charge in [0.15, 0.2) is 0 Å². The molecule has 2 aromatic carbocycles. The zero-order valence-corrected chi connectivity index (χ0v) is 15.9. The molecular weight excluding hydrogens is 358 g/mol. The minimum absolute atomic E-state index is 0.158. The number of nitrogens with zero attached hydrogens (tertiary/aromatic N) is 2. The number of amides is 1. The number of hydrogen-bond acceptors (Lipinski definition) is 5. The topological polar surface area (TPSA) is 82.5 Å². The van der Waals surface area contributed by atoms with Crippen molar-refractivity contribution in [2.24, 2.45) is 0 Å². The first-order valence-electron chi connectivity index (χ1n) is 8.65. The van der Waals surface area contributed by atoms with Crippen LogP contribution in [0.5, 0.6) is 11.5 Å². The Hall–Kier alpha value is -3.61. The molecule has 7 nitrogen and oxygen atoms in total. The first-order chi connectivity index (χ1) is 13.5. The van der Waals surface area contributed by atoms with Gasteiger partial charge in [0.25, 0.3) is 5.56 Å². The van der Waals surface area contributed by atoms with E-state index in [-0.39, 0.29) is 18.0 Å². The van der Waals surface area contributed by atoms with Crippen LogP contribution in [0.4, 0.5) is 5.69 Å². The average molecular weight is 379 g/mol. The number of carbonyl (C=O) groups excluding carboxylic acids is 1. The summed E-state index contributed by atoms with van der Waals surface area (Å²) in [4.78, 5) is 29.0. The minimum atomic E-state index is -0.365. The van der Waals surface area contributed by atoms with Gasteiger partial charge in [0.05, 0.1) is 31.9 Å². The fraction of sp³-hybridized carbons (Fsp3) is 0.190. The van der Waals surface area contributed by atoms with Gasteiger partial charge in [-0.25, -0.2) is 4.98 Å². The van der Waals surface area contributed by atoms with Crippen molar-refractivity contribution in [3.05, 3.63) is 70.8 Å². The summed E-state index contributed by atoms with van der Waals surface area (Å²) in [6.07, 6.45) is 1.38. The molecule has 0 aliphatic heterocycles. The van der Waals surface area contributed by atoms with Crippen LogP contribution in [0.15, 0.2) is 59.7 Å². The van der Waals surface area contributed by atoms with E-state index in [0.29, 0.717) is 22.9 Å². The van der Waals surface area contributed by atoms with Gasteiger partial charge in [-0.1, -0.05) is 29.8 Å². The third-order valence-electron chi connectivity index (χ3n) is 4.22. The molecular formula is C21H21N3O4. The van der Waals surface area contributed by atoms with Gasteiger partial charge in [-0.2, -0.15) is 0 Å². The lowest BCUT2D eigenvalue weighted by Crippen LogP contribution is -2.27. The van der Waals surface area contributed by atoms with Crippen LogP contribution in [-0.4, -0.2) is 29.7 Å². The molecule has 0 spiro atoms. The molecule has 0 aliphatic rings. The number of methoxy groups -OCH3 is 2. The molecule has 0 bridgehead atoms. The Morgan fingerprint density at radius 2 is 1.82 bits per heavy atom. The van der Waals surface area contributed by atoms with E-state index in [9.17, 15) is 9.59 Å². The molecule has 1 amide bonds. The van der Waals surface area contributed by atoms with Gasteiger partial charge in [0, 0.05) is 17.7 Å². The predicted octanol–water partition coefficient (Wildman–Crippen LogP) is 2.87. The van der Waals surface area contributed by atoms with Crippen molar-refractivity contribution in [1.82, 2.24) is 9.55 Å². The highest BCUT2D eigenvalue weighted by Gasteiger charge is 2.11. The summed E-state index contributed by atoms with van der Waals surface area (Å²) >= 11 is 0. The van der Waals surface area contributed by atoms with Crippen LogP contribution in [0, 0.1) is 6.92 Å². The Morgan fingerprint density at radius 1 is 1.07 bits per heavy atom. The lowest BCUT2D eigenvalue weighted by molar-refractivity contribution is -0.116. The van der Waals surface area contributed by atoms with Gasteiger partial charge in [0.2, 0.25) is 5.91 Å². The Bertz CT molecular complexity index is 1040. The number of aryl methyl sites for hydroxylation is 1. The predicted molar refractivity (Wildman–Crippen MR) is 107 cm³/mol. The second-order valence-corrected chi connectivity index (χ2v) is 6.22. The molecule has 28 heavy (non-hydrogen) atoms. The van der Waals surface area contributed by atoms with Crippen LogP contribution in [0.25, 0.3) is 11.3 Å². The van der Waals surface area contributed by atoms with Crippen molar-refractivity contribution >= 4 is 11.6 Å². The molecule has 0 radical (unpaired) electrons. The van der Waals surface area contributed by atoms with Crippen LogP contribution in [-0.2, 0) is 11.3 Å². The first kappa shape index (κ1) is 19.2. The van der Waals surface area contributed by atoms with Crippen LogP contribution in [0.3, 0.4) is 0 Å². The SMILES string of the molecule is COc1ccc(NC(=O)Cn2cnc(-c3ccc(C)cc3)cc2=O)c(OC)c1. The molecule has 0 saturated carbocycles. The zero-order chi connectivity index (χ0) is 20.1. The van der Waals surface area contributed by atoms with E-state index in [0.717, 1.165) is 11.1 Å². The van der Waals surface area contributed by atoms with Gasteiger partial charge in [-0.15, -0.1) is 0 Å². The number of ether oxygens (including phenoxy) is 2. The average Bonchev–Trinajstić information content (AvgIpc) is 2.70. The van der Waals surface area contributed by atoms with E-state index in [1.165, 1.54) is 24.1 Å². The maximum atomic E-state index is 12.4. The molecule has 0 aliphatic carbocycles. The molecule has 1 aromatic heterocycles. The highest BCUT2D eigenvalue weighted by molar-refractivity contribution is 5.92. The summed E-state index contributed by atoms with van der Waals surface area (Å²) in [6.45, 7) is 1.83. The largest absolute Gasteiger partial charge is 0.497 e. The molecule has 3 aromatic rings. The maximum absolute atomic E-state index is 12.4. The van der Waals surface area contributed by atoms with Crippen molar-refractivity contribution in [2.75, 3.05) is 19.5 Å². The van der Waals surface area contributed by atoms with E-state index >= 15 is 0 Å². The Morgan fingerprint density at radius 3 is 2.46 bits per heavy atom. The van der Waals surface area contributed by atoms with Gasteiger partial charge in [-0.05, 0) is 19.1 Å². The zero-order valence-electron chi connectivity index (χ0n) is 15.9. The molecule has 0 unspecified atom stereocenters. The second-order valence-electron chi connectivity index (χ2n) is 6.22. The standard InChI is InChI=1S/C21H21N3O4/c1-14-4-6-15(7-5-14)18-11-21(26)24(13-22-18)12-20(25)23-17-9-8-16(27-2)10-19(17)28-3/h4-11,13H,12H2,1-3H3,(H,23,25). The number of anilines is 1. The normalized spacial score (nSPS) is 10.4. The quantitative estimate of drug-likeness (QED) is 0.712. The van der Waals surface area contributed by atoms with E-state index in [2.05, 4.69) is 10.3 Å². The monoisotopic (exact) mass is 379 g/mol. The van der Waals surface area contributed by atoms with Crippen molar-refractivity contribution < 1.29 is 14.3 Å². The Balaban J connectivity index is 1.74. The Kier molecular flexibility index (Phi) is 5.74. The fourth-order valence-electron chi connectivity index (χ4n) is 2.67. The van der Waals surface area contributed by atoms with Gasteiger partial charge in [-0.3, -0.25) is 14.2 Å². The molecule has 0 fully saturated rings. The summed E-state index contributed by atoms with van der Waals surface area (Å²) in [7, 11) is 3.05. The lowest BCUT2D eigenvalue weighted by atomic mass is 10.1. The van der Waals surface area contributed by atoms with E-state index in [4.69, 9.17) is 9.47 Å². The Labute approximate surface area is 162 Å². The molecule has 1 heterocycles. The molecule has 144 valence electrons. The molecule has 0 saturated heterocycles. The van der Waals surface area contributed by atoms with Crippen LogP contribution in [0.2, 0.25) is 0 Å². The van der Waals surface area contributed by atoms with Gasteiger partial charge >= 0.3 is 0 Å². The minimum Gasteiger partial charge on any atom is -0.497 e. The fourth-order valence-corrected chi connectivity index (χ4v) is 2.67. The van der Waals surface area contributed by atoms with E-state index in [1.54, 1.807) is 25.3 Å². The highest BCUT2D eigenvalue weighted by atomic mass is 16.5.